The van der Waals surface area contributed by atoms with E-state index in [1.807, 2.05) is 31.2 Å². The Morgan fingerprint density at radius 1 is 0.828 bits per heavy atom. The van der Waals surface area contributed by atoms with Gasteiger partial charge in [0.05, 0.1) is 7.11 Å². The van der Waals surface area contributed by atoms with Crippen LogP contribution in [-0.4, -0.2) is 25.5 Å². The molecule has 148 valence electrons. The van der Waals surface area contributed by atoms with Gasteiger partial charge in [-0.1, -0.05) is 18.2 Å². The highest BCUT2D eigenvalue weighted by Gasteiger charge is 2.09. The van der Waals surface area contributed by atoms with Gasteiger partial charge in [0.25, 0.3) is 11.8 Å². The lowest BCUT2D eigenvalue weighted by atomic mass is 10.1. The first-order chi connectivity index (χ1) is 14.0. The third kappa shape index (κ3) is 5.84. The minimum atomic E-state index is -0.322. The fourth-order valence-corrected chi connectivity index (χ4v) is 2.68. The number of benzene rings is 3. The van der Waals surface area contributed by atoms with Crippen LogP contribution in [0.2, 0.25) is 0 Å². The third-order valence-corrected chi connectivity index (χ3v) is 4.11. The molecule has 6 nitrogen and oxygen atoms in total. The Labute approximate surface area is 169 Å². The highest BCUT2D eigenvalue weighted by molar-refractivity contribution is 6.05. The maximum atomic E-state index is 12.5. The third-order valence-electron chi connectivity index (χ3n) is 4.11. The summed E-state index contributed by atoms with van der Waals surface area (Å²) < 4.78 is 10.5. The highest BCUT2D eigenvalue weighted by atomic mass is 16.5. The van der Waals surface area contributed by atoms with Crippen molar-refractivity contribution in [1.29, 1.82) is 0 Å². The number of carbonyl (C=O) groups is 2. The lowest BCUT2D eigenvalue weighted by Gasteiger charge is -2.10. The van der Waals surface area contributed by atoms with Crippen LogP contribution in [0.3, 0.4) is 0 Å². The Morgan fingerprint density at radius 3 is 2.17 bits per heavy atom. The van der Waals surface area contributed by atoms with Crippen LogP contribution in [0.25, 0.3) is 0 Å². The van der Waals surface area contributed by atoms with Gasteiger partial charge in [-0.05, 0) is 67.1 Å². The minimum absolute atomic E-state index is 0.147. The van der Waals surface area contributed by atoms with E-state index in [9.17, 15) is 9.59 Å². The Hall–Kier alpha value is -3.80. The summed E-state index contributed by atoms with van der Waals surface area (Å²) in [6.07, 6.45) is 0. The summed E-state index contributed by atoms with van der Waals surface area (Å²) in [5.41, 5.74) is 2.74. The monoisotopic (exact) mass is 390 g/mol. The van der Waals surface area contributed by atoms with Crippen molar-refractivity contribution in [2.45, 2.75) is 6.92 Å². The van der Waals surface area contributed by atoms with Crippen molar-refractivity contribution in [2.24, 2.45) is 0 Å². The van der Waals surface area contributed by atoms with Gasteiger partial charge in [0, 0.05) is 16.9 Å². The predicted octanol–water partition coefficient (Wildman–Crippen LogP) is 4.27. The molecule has 3 aromatic carbocycles. The van der Waals surface area contributed by atoms with Gasteiger partial charge in [0.2, 0.25) is 0 Å². The van der Waals surface area contributed by atoms with Gasteiger partial charge in [0.1, 0.15) is 11.5 Å². The fraction of sp³-hybridized carbons (Fsp3) is 0.130. The second kappa shape index (κ2) is 9.41. The first-order valence-corrected chi connectivity index (χ1v) is 9.08. The number of carbonyl (C=O) groups excluding carboxylic acids is 2. The van der Waals surface area contributed by atoms with Crippen molar-refractivity contribution < 1.29 is 19.1 Å². The molecule has 0 atom stereocenters. The number of ether oxygens (including phenoxy) is 2. The van der Waals surface area contributed by atoms with E-state index in [2.05, 4.69) is 10.6 Å². The quantitative estimate of drug-likeness (QED) is 0.632. The molecule has 0 saturated heterocycles. The number of hydrogen-bond donors (Lipinski definition) is 2. The van der Waals surface area contributed by atoms with Crippen LogP contribution in [0.5, 0.6) is 11.5 Å². The van der Waals surface area contributed by atoms with Crippen LogP contribution in [0.4, 0.5) is 11.4 Å². The van der Waals surface area contributed by atoms with Crippen molar-refractivity contribution in [3.05, 3.63) is 83.9 Å². The SMILES string of the molecule is COc1ccc(OCC(=O)Nc2cccc(C(=O)Nc3cccc(C)c3)c2)cc1. The summed E-state index contributed by atoms with van der Waals surface area (Å²) in [4.78, 5) is 24.6. The lowest BCUT2D eigenvalue weighted by Crippen LogP contribution is -2.20. The molecule has 0 aromatic heterocycles. The molecule has 0 radical (unpaired) electrons. The number of methoxy groups -OCH3 is 1. The first-order valence-electron chi connectivity index (χ1n) is 9.08. The molecule has 0 bridgehead atoms. The van der Waals surface area contributed by atoms with Crippen molar-refractivity contribution in [1.82, 2.24) is 0 Å². The molecular formula is C23H22N2O4. The highest BCUT2D eigenvalue weighted by Crippen LogP contribution is 2.18. The number of rotatable bonds is 7. The van der Waals surface area contributed by atoms with E-state index in [0.29, 0.717) is 22.7 Å². The van der Waals surface area contributed by atoms with Gasteiger partial charge < -0.3 is 20.1 Å². The molecule has 2 amide bonds. The largest absolute Gasteiger partial charge is 0.497 e. The molecule has 0 heterocycles. The van der Waals surface area contributed by atoms with E-state index in [1.165, 1.54) is 0 Å². The van der Waals surface area contributed by atoms with Crippen LogP contribution in [0.15, 0.2) is 72.8 Å². The second-order valence-corrected chi connectivity index (χ2v) is 6.42. The standard InChI is InChI=1S/C23H22N2O4/c1-16-5-3-7-18(13-16)25-23(27)17-6-4-8-19(14-17)24-22(26)15-29-21-11-9-20(28-2)10-12-21/h3-14H,15H2,1-2H3,(H,24,26)(H,25,27). The average molecular weight is 390 g/mol. The number of hydrogen-bond acceptors (Lipinski definition) is 4. The van der Waals surface area contributed by atoms with Gasteiger partial charge in [-0.3, -0.25) is 9.59 Å². The molecule has 0 saturated carbocycles. The average Bonchev–Trinajstić information content (AvgIpc) is 2.73. The molecule has 0 spiro atoms. The van der Waals surface area contributed by atoms with Crippen molar-refractivity contribution in [3.8, 4) is 11.5 Å². The molecule has 29 heavy (non-hydrogen) atoms. The van der Waals surface area contributed by atoms with E-state index in [-0.39, 0.29) is 18.4 Å². The van der Waals surface area contributed by atoms with Crippen molar-refractivity contribution in [3.63, 3.8) is 0 Å². The molecule has 3 aromatic rings. The van der Waals surface area contributed by atoms with Crippen LogP contribution < -0.4 is 20.1 Å². The predicted molar refractivity (Wildman–Crippen MR) is 113 cm³/mol. The van der Waals surface area contributed by atoms with Crippen molar-refractivity contribution in [2.75, 3.05) is 24.4 Å². The van der Waals surface area contributed by atoms with E-state index in [1.54, 1.807) is 55.6 Å². The van der Waals surface area contributed by atoms with E-state index >= 15 is 0 Å². The molecule has 6 heteroatoms. The zero-order valence-electron chi connectivity index (χ0n) is 16.3. The first kappa shape index (κ1) is 19.9. The molecule has 2 N–H and O–H groups in total. The van der Waals surface area contributed by atoms with Gasteiger partial charge in [0.15, 0.2) is 6.61 Å². The Bertz CT molecular complexity index is 1000. The molecular weight excluding hydrogens is 368 g/mol. The maximum absolute atomic E-state index is 12.5. The number of aryl methyl sites for hydroxylation is 1. The molecule has 0 aliphatic heterocycles. The van der Waals surface area contributed by atoms with Crippen LogP contribution in [0.1, 0.15) is 15.9 Å². The zero-order valence-corrected chi connectivity index (χ0v) is 16.3. The Morgan fingerprint density at radius 2 is 1.48 bits per heavy atom. The van der Waals surface area contributed by atoms with Crippen molar-refractivity contribution >= 4 is 23.2 Å². The summed E-state index contributed by atoms with van der Waals surface area (Å²) in [6, 6.07) is 21.3. The molecule has 0 unspecified atom stereocenters. The fourth-order valence-electron chi connectivity index (χ4n) is 2.68. The second-order valence-electron chi connectivity index (χ2n) is 6.42. The Balaban J connectivity index is 1.56. The summed E-state index contributed by atoms with van der Waals surface area (Å²) in [5.74, 6) is 0.702. The summed E-state index contributed by atoms with van der Waals surface area (Å²) in [5, 5.41) is 5.58. The maximum Gasteiger partial charge on any atom is 0.262 e. The van der Waals surface area contributed by atoms with E-state index in [0.717, 1.165) is 11.3 Å². The smallest absolute Gasteiger partial charge is 0.262 e. The topological polar surface area (TPSA) is 76.7 Å². The summed E-state index contributed by atoms with van der Waals surface area (Å²) >= 11 is 0. The van der Waals surface area contributed by atoms with Crippen LogP contribution >= 0.6 is 0 Å². The van der Waals surface area contributed by atoms with Crippen LogP contribution in [-0.2, 0) is 4.79 Å². The summed E-state index contributed by atoms with van der Waals surface area (Å²) in [6.45, 7) is 1.81. The van der Waals surface area contributed by atoms with Gasteiger partial charge in [-0.2, -0.15) is 0 Å². The normalized spacial score (nSPS) is 10.1. The molecule has 3 rings (SSSR count). The number of amides is 2. The lowest BCUT2D eigenvalue weighted by molar-refractivity contribution is -0.118. The van der Waals surface area contributed by atoms with E-state index in [4.69, 9.17) is 9.47 Å². The molecule has 0 aliphatic carbocycles. The number of nitrogens with one attached hydrogen (secondary N) is 2. The van der Waals surface area contributed by atoms with Crippen LogP contribution in [0, 0.1) is 6.92 Å². The zero-order chi connectivity index (χ0) is 20.6. The van der Waals surface area contributed by atoms with Gasteiger partial charge in [-0.15, -0.1) is 0 Å². The van der Waals surface area contributed by atoms with Gasteiger partial charge >= 0.3 is 0 Å². The molecule has 0 fully saturated rings. The summed E-state index contributed by atoms with van der Waals surface area (Å²) in [7, 11) is 1.58. The minimum Gasteiger partial charge on any atom is -0.497 e. The molecule has 0 aliphatic rings. The number of anilines is 2. The Kier molecular flexibility index (Phi) is 6.47. The van der Waals surface area contributed by atoms with E-state index < -0.39 is 0 Å². The van der Waals surface area contributed by atoms with Gasteiger partial charge in [-0.25, -0.2) is 0 Å².